The van der Waals surface area contributed by atoms with Crippen molar-refractivity contribution >= 4 is 5.91 Å². The number of benzene rings is 2. The molecule has 2 fully saturated rings. The molecule has 6 nitrogen and oxygen atoms in total. The van der Waals surface area contributed by atoms with Crippen molar-refractivity contribution in [2.24, 2.45) is 0 Å². The minimum absolute atomic E-state index is 0.128. The Kier molecular flexibility index (Phi) is 9.00. The van der Waals surface area contributed by atoms with E-state index in [9.17, 15) is 18.0 Å². The van der Waals surface area contributed by atoms with Gasteiger partial charge in [0.05, 0.1) is 12.2 Å². The van der Waals surface area contributed by atoms with Gasteiger partial charge in [0.25, 0.3) is 5.91 Å². The Balaban J connectivity index is 1.41. The van der Waals surface area contributed by atoms with Crippen molar-refractivity contribution in [1.82, 2.24) is 14.7 Å². The Bertz CT molecular complexity index is 1110. The summed E-state index contributed by atoms with van der Waals surface area (Å²) in [5, 5.41) is 9.06. The fourth-order valence-corrected chi connectivity index (χ4v) is 5.68. The van der Waals surface area contributed by atoms with Gasteiger partial charge >= 0.3 is 6.18 Å². The summed E-state index contributed by atoms with van der Waals surface area (Å²) >= 11 is 0. The minimum Gasteiger partial charge on any atom is -0.492 e. The van der Waals surface area contributed by atoms with Gasteiger partial charge in [-0.25, -0.2) is 0 Å². The summed E-state index contributed by atoms with van der Waals surface area (Å²) in [5.74, 6) is 0.668. The summed E-state index contributed by atoms with van der Waals surface area (Å²) in [6, 6.07) is 9.22. The molecule has 0 aliphatic carbocycles. The summed E-state index contributed by atoms with van der Waals surface area (Å²) in [7, 11) is 1.96. The molecule has 0 radical (unpaired) electrons. The molecule has 2 aliphatic heterocycles. The van der Waals surface area contributed by atoms with Gasteiger partial charge in [-0.2, -0.15) is 13.2 Å². The molecule has 1 N–H and O–H groups in total. The second-order valence-electron chi connectivity index (χ2n) is 10.4. The van der Waals surface area contributed by atoms with Gasteiger partial charge in [-0.3, -0.25) is 9.69 Å². The Morgan fingerprint density at radius 1 is 1.05 bits per heavy atom. The molecule has 2 aromatic carbocycles. The predicted molar refractivity (Wildman–Crippen MR) is 140 cm³/mol. The molecule has 2 aliphatic rings. The fraction of sp³-hybridized carbons (Fsp3) is 0.552. The zero-order chi connectivity index (χ0) is 27.4. The van der Waals surface area contributed by atoms with Crippen molar-refractivity contribution in [1.29, 1.82) is 0 Å². The van der Waals surface area contributed by atoms with Crippen LogP contribution in [0, 0.1) is 13.8 Å². The lowest BCUT2D eigenvalue weighted by Gasteiger charge is -2.49. The normalized spacial score (nSPS) is 20.5. The zero-order valence-electron chi connectivity index (χ0n) is 22.4. The van der Waals surface area contributed by atoms with Crippen molar-refractivity contribution < 1.29 is 27.8 Å². The lowest BCUT2D eigenvalue weighted by Crippen LogP contribution is -2.57. The summed E-state index contributed by atoms with van der Waals surface area (Å²) in [6.45, 7) is 8.13. The average molecular weight is 534 g/mol. The SMILES string of the molecule is Cc1c(OCCN(C)CCO)ccc(C2CCC[C@H]3CN(C(=O)c4ccc(C(F)(F)F)cc4)CCN23)c1C. The third kappa shape index (κ3) is 6.33. The van der Waals surface area contributed by atoms with E-state index in [0.29, 0.717) is 31.8 Å². The maximum absolute atomic E-state index is 13.1. The highest BCUT2D eigenvalue weighted by Crippen LogP contribution is 2.39. The molecule has 38 heavy (non-hydrogen) atoms. The van der Waals surface area contributed by atoms with Crippen molar-refractivity contribution in [3.63, 3.8) is 0 Å². The van der Waals surface area contributed by atoms with Gasteiger partial charge in [-0.15, -0.1) is 0 Å². The second kappa shape index (κ2) is 12.1. The molecule has 2 atom stereocenters. The fourth-order valence-electron chi connectivity index (χ4n) is 5.68. The van der Waals surface area contributed by atoms with E-state index >= 15 is 0 Å². The number of amides is 1. The molecule has 9 heteroatoms. The molecule has 208 valence electrons. The predicted octanol–water partition coefficient (Wildman–Crippen LogP) is 4.68. The molecule has 2 aromatic rings. The van der Waals surface area contributed by atoms with Crippen LogP contribution in [0.2, 0.25) is 0 Å². The first-order chi connectivity index (χ1) is 18.1. The molecule has 0 saturated carbocycles. The van der Waals surface area contributed by atoms with Crippen LogP contribution in [0.25, 0.3) is 0 Å². The quantitative estimate of drug-likeness (QED) is 0.534. The van der Waals surface area contributed by atoms with Gasteiger partial charge < -0.3 is 19.6 Å². The zero-order valence-corrected chi connectivity index (χ0v) is 22.4. The molecular formula is C29H38F3N3O3. The van der Waals surface area contributed by atoms with Gasteiger partial charge in [0.2, 0.25) is 0 Å². The van der Waals surface area contributed by atoms with Gasteiger partial charge in [0.15, 0.2) is 0 Å². The Morgan fingerprint density at radius 2 is 1.79 bits per heavy atom. The van der Waals surface area contributed by atoms with Gasteiger partial charge in [0.1, 0.15) is 12.4 Å². The number of piperidine rings is 1. The third-order valence-corrected chi connectivity index (χ3v) is 8.04. The number of hydrogen-bond donors (Lipinski definition) is 1. The van der Waals surface area contributed by atoms with Crippen LogP contribution in [-0.4, -0.2) is 84.7 Å². The number of rotatable bonds is 8. The number of alkyl halides is 3. The number of aliphatic hydroxyl groups is 1. The molecule has 0 bridgehead atoms. The highest BCUT2D eigenvalue weighted by Gasteiger charge is 2.38. The molecule has 2 saturated heterocycles. The van der Waals surface area contributed by atoms with Crippen LogP contribution in [-0.2, 0) is 6.18 Å². The van der Waals surface area contributed by atoms with Gasteiger partial charge in [0, 0.05) is 50.4 Å². The summed E-state index contributed by atoms with van der Waals surface area (Å²) in [5.41, 5.74) is 3.19. The topological polar surface area (TPSA) is 56.3 Å². The summed E-state index contributed by atoms with van der Waals surface area (Å²) in [4.78, 5) is 19.4. The molecule has 0 aromatic heterocycles. The minimum atomic E-state index is -4.41. The van der Waals surface area contributed by atoms with E-state index in [1.807, 2.05) is 11.9 Å². The number of halogens is 3. The number of likely N-dealkylation sites (N-methyl/N-ethyl adjacent to an activating group) is 1. The highest BCUT2D eigenvalue weighted by atomic mass is 19.4. The number of aliphatic hydroxyl groups excluding tert-OH is 1. The van der Waals surface area contributed by atoms with Crippen LogP contribution in [0.1, 0.15) is 57.9 Å². The van der Waals surface area contributed by atoms with E-state index in [1.165, 1.54) is 23.3 Å². The highest BCUT2D eigenvalue weighted by molar-refractivity contribution is 5.94. The maximum Gasteiger partial charge on any atom is 0.416 e. The molecular weight excluding hydrogens is 495 g/mol. The number of nitrogens with zero attached hydrogens (tertiary/aromatic N) is 3. The second-order valence-corrected chi connectivity index (χ2v) is 10.4. The van der Waals surface area contributed by atoms with E-state index < -0.39 is 11.7 Å². The van der Waals surface area contributed by atoms with Crippen LogP contribution in [0.5, 0.6) is 5.75 Å². The smallest absolute Gasteiger partial charge is 0.416 e. The average Bonchev–Trinajstić information content (AvgIpc) is 2.90. The Morgan fingerprint density at radius 3 is 2.47 bits per heavy atom. The standard InChI is InChI=1S/C29H38F3N3O3/c1-20-21(2)27(38-18-16-33(3)15-17-36)12-11-25(20)26-6-4-5-24-19-34(13-14-35(24)26)28(37)22-7-9-23(10-8-22)29(30,31)32/h7-12,24,26,36H,4-6,13-19H2,1-3H3/t24-,26?/m0/s1. The number of carbonyl (C=O) groups excluding carboxylic acids is 1. The summed E-state index contributed by atoms with van der Waals surface area (Å²) < 4.78 is 44.8. The van der Waals surface area contributed by atoms with E-state index in [2.05, 4.69) is 30.9 Å². The van der Waals surface area contributed by atoms with Crippen LogP contribution in [0.4, 0.5) is 13.2 Å². The van der Waals surface area contributed by atoms with Crippen molar-refractivity contribution in [3.05, 3.63) is 64.2 Å². The largest absolute Gasteiger partial charge is 0.492 e. The van der Waals surface area contributed by atoms with Crippen LogP contribution in [0.15, 0.2) is 36.4 Å². The van der Waals surface area contributed by atoms with Gasteiger partial charge in [-0.1, -0.05) is 6.07 Å². The van der Waals surface area contributed by atoms with Crippen LogP contribution >= 0.6 is 0 Å². The number of fused-ring (bicyclic) bond motifs is 1. The Labute approximate surface area is 223 Å². The van der Waals surface area contributed by atoms with Crippen molar-refractivity contribution in [2.45, 2.75) is 51.4 Å². The molecule has 0 spiro atoms. The maximum atomic E-state index is 13.1. The first kappa shape index (κ1) is 28.4. The summed E-state index contributed by atoms with van der Waals surface area (Å²) in [6.07, 6.45) is -1.31. The van der Waals surface area contributed by atoms with Crippen molar-refractivity contribution in [2.75, 3.05) is 53.0 Å². The molecule has 2 heterocycles. The number of hydrogen-bond acceptors (Lipinski definition) is 5. The van der Waals surface area contributed by atoms with Gasteiger partial charge in [-0.05, 0) is 87.2 Å². The number of ether oxygens (including phenoxy) is 1. The van der Waals surface area contributed by atoms with E-state index in [1.54, 1.807) is 4.90 Å². The third-order valence-electron chi connectivity index (χ3n) is 8.04. The molecule has 1 unspecified atom stereocenters. The van der Waals surface area contributed by atoms with E-state index in [-0.39, 0.29) is 24.6 Å². The molecule has 1 amide bonds. The first-order valence-corrected chi connectivity index (χ1v) is 13.3. The van der Waals surface area contributed by atoms with Crippen LogP contribution < -0.4 is 4.74 Å². The first-order valence-electron chi connectivity index (χ1n) is 13.3. The lowest BCUT2D eigenvalue weighted by molar-refractivity contribution is -0.137. The number of carbonyl (C=O) groups is 1. The lowest BCUT2D eigenvalue weighted by atomic mass is 9.86. The number of piperazine rings is 1. The van der Waals surface area contributed by atoms with Crippen molar-refractivity contribution in [3.8, 4) is 5.75 Å². The molecule has 4 rings (SSSR count). The van der Waals surface area contributed by atoms with E-state index in [0.717, 1.165) is 55.8 Å². The van der Waals surface area contributed by atoms with E-state index in [4.69, 9.17) is 9.84 Å². The van der Waals surface area contributed by atoms with Crippen LogP contribution in [0.3, 0.4) is 0 Å². The Hall–Kier alpha value is -2.62. The monoisotopic (exact) mass is 533 g/mol.